The average molecular weight is 250 g/mol. The van der Waals surface area contributed by atoms with Crippen LogP contribution in [0.4, 0.5) is 0 Å². The number of rotatable bonds is 4. The van der Waals surface area contributed by atoms with E-state index in [0.717, 1.165) is 25.9 Å². The minimum Gasteiger partial charge on any atom is -0.351 e. The molecule has 100 valence electrons. The molecule has 0 aromatic carbocycles. The Balaban J connectivity index is 1.86. The standard InChI is InChI=1S/C13H22N4O/c1-11(10-17-9-3-6-15-17)16-12(18)13(2)4-7-14-8-5-13/h3,6,9,11,14H,4-5,7-8,10H2,1-2H3,(H,16,18). The van der Waals surface area contributed by atoms with Crippen molar-refractivity contribution in [1.29, 1.82) is 0 Å². The van der Waals surface area contributed by atoms with Crippen LogP contribution in [-0.2, 0) is 11.3 Å². The van der Waals surface area contributed by atoms with Crippen LogP contribution in [0.3, 0.4) is 0 Å². The van der Waals surface area contributed by atoms with Gasteiger partial charge in [0.2, 0.25) is 5.91 Å². The summed E-state index contributed by atoms with van der Waals surface area (Å²) in [6, 6.07) is 1.99. The van der Waals surface area contributed by atoms with Crippen LogP contribution in [0.1, 0.15) is 26.7 Å². The highest BCUT2D eigenvalue weighted by Crippen LogP contribution is 2.28. The zero-order chi connectivity index (χ0) is 13.0. The largest absolute Gasteiger partial charge is 0.351 e. The Morgan fingerprint density at radius 1 is 1.56 bits per heavy atom. The molecule has 1 unspecified atom stereocenters. The highest BCUT2D eigenvalue weighted by atomic mass is 16.2. The van der Waals surface area contributed by atoms with Crippen molar-refractivity contribution in [3.05, 3.63) is 18.5 Å². The van der Waals surface area contributed by atoms with Crippen LogP contribution in [0.2, 0.25) is 0 Å². The fourth-order valence-corrected chi connectivity index (χ4v) is 2.34. The molecule has 1 saturated heterocycles. The number of hydrogen-bond donors (Lipinski definition) is 2. The summed E-state index contributed by atoms with van der Waals surface area (Å²) in [5, 5.41) is 10.5. The first-order valence-corrected chi connectivity index (χ1v) is 6.59. The molecule has 2 heterocycles. The van der Waals surface area contributed by atoms with Crippen molar-refractivity contribution in [2.75, 3.05) is 13.1 Å². The molecule has 0 aliphatic carbocycles. The summed E-state index contributed by atoms with van der Waals surface area (Å²) in [4.78, 5) is 12.3. The molecule has 0 spiro atoms. The topological polar surface area (TPSA) is 59.0 Å². The van der Waals surface area contributed by atoms with Crippen LogP contribution in [0, 0.1) is 5.41 Å². The minimum atomic E-state index is -0.219. The van der Waals surface area contributed by atoms with Gasteiger partial charge in [-0.1, -0.05) is 6.92 Å². The Hall–Kier alpha value is -1.36. The zero-order valence-electron chi connectivity index (χ0n) is 11.1. The monoisotopic (exact) mass is 250 g/mol. The second-order valence-electron chi connectivity index (χ2n) is 5.41. The van der Waals surface area contributed by atoms with Crippen LogP contribution in [0.15, 0.2) is 18.5 Å². The maximum absolute atomic E-state index is 12.3. The summed E-state index contributed by atoms with van der Waals surface area (Å²) >= 11 is 0. The fourth-order valence-electron chi connectivity index (χ4n) is 2.34. The maximum atomic E-state index is 12.3. The Kier molecular flexibility index (Phi) is 4.01. The van der Waals surface area contributed by atoms with Crippen molar-refractivity contribution in [2.24, 2.45) is 5.41 Å². The molecule has 2 N–H and O–H groups in total. The third-order valence-electron chi connectivity index (χ3n) is 3.65. The number of piperidine rings is 1. The summed E-state index contributed by atoms with van der Waals surface area (Å²) in [5.74, 6) is 0.170. The van der Waals surface area contributed by atoms with Gasteiger partial charge in [0.05, 0.1) is 6.54 Å². The number of aromatic nitrogens is 2. The van der Waals surface area contributed by atoms with E-state index >= 15 is 0 Å². The van der Waals surface area contributed by atoms with Gasteiger partial charge in [0.1, 0.15) is 0 Å². The number of carbonyl (C=O) groups excluding carboxylic acids is 1. The highest BCUT2D eigenvalue weighted by Gasteiger charge is 2.34. The van der Waals surface area contributed by atoms with Crippen molar-refractivity contribution < 1.29 is 4.79 Å². The lowest BCUT2D eigenvalue weighted by Crippen LogP contribution is -2.49. The Morgan fingerprint density at radius 2 is 2.28 bits per heavy atom. The van der Waals surface area contributed by atoms with E-state index in [1.807, 2.05) is 23.9 Å². The van der Waals surface area contributed by atoms with Gasteiger partial charge in [-0.05, 0) is 38.9 Å². The van der Waals surface area contributed by atoms with Gasteiger partial charge in [0.15, 0.2) is 0 Å². The molecular weight excluding hydrogens is 228 g/mol. The maximum Gasteiger partial charge on any atom is 0.226 e. The molecular formula is C13H22N4O. The van der Waals surface area contributed by atoms with Crippen LogP contribution >= 0.6 is 0 Å². The quantitative estimate of drug-likeness (QED) is 0.830. The summed E-state index contributed by atoms with van der Waals surface area (Å²) in [6.45, 7) is 6.65. The molecule has 1 amide bonds. The van der Waals surface area contributed by atoms with Crippen molar-refractivity contribution in [3.8, 4) is 0 Å². The molecule has 1 aliphatic heterocycles. The Labute approximate surface area is 108 Å². The summed E-state index contributed by atoms with van der Waals surface area (Å²) in [7, 11) is 0. The van der Waals surface area contributed by atoms with Gasteiger partial charge in [-0.25, -0.2) is 0 Å². The number of carbonyl (C=O) groups is 1. The number of nitrogens with zero attached hydrogens (tertiary/aromatic N) is 2. The molecule has 1 aromatic heterocycles. The Bertz CT molecular complexity index is 382. The lowest BCUT2D eigenvalue weighted by molar-refractivity contribution is -0.132. The highest BCUT2D eigenvalue weighted by molar-refractivity contribution is 5.82. The van der Waals surface area contributed by atoms with Gasteiger partial charge in [-0.15, -0.1) is 0 Å². The van der Waals surface area contributed by atoms with E-state index in [9.17, 15) is 4.79 Å². The van der Waals surface area contributed by atoms with Crippen LogP contribution in [0.5, 0.6) is 0 Å². The molecule has 0 saturated carbocycles. The molecule has 1 fully saturated rings. The molecule has 1 aliphatic rings. The molecule has 0 bridgehead atoms. The molecule has 18 heavy (non-hydrogen) atoms. The smallest absolute Gasteiger partial charge is 0.226 e. The number of nitrogens with one attached hydrogen (secondary N) is 2. The molecule has 1 atom stereocenters. The molecule has 1 aromatic rings. The number of hydrogen-bond acceptors (Lipinski definition) is 3. The van der Waals surface area contributed by atoms with E-state index in [1.54, 1.807) is 6.20 Å². The predicted molar refractivity (Wildman–Crippen MR) is 70.0 cm³/mol. The minimum absolute atomic E-state index is 0.101. The van der Waals surface area contributed by atoms with Crippen LogP contribution in [-0.4, -0.2) is 34.8 Å². The normalized spacial score (nSPS) is 20.3. The molecule has 5 heteroatoms. The number of amides is 1. The first-order valence-electron chi connectivity index (χ1n) is 6.59. The van der Waals surface area contributed by atoms with Gasteiger partial charge < -0.3 is 10.6 Å². The van der Waals surface area contributed by atoms with E-state index in [2.05, 4.69) is 22.7 Å². The molecule has 5 nitrogen and oxygen atoms in total. The van der Waals surface area contributed by atoms with Crippen LogP contribution in [0.25, 0.3) is 0 Å². The molecule has 0 radical (unpaired) electrons. The summed E-state index contributed by atoms with van der Waals surface area (Å²) in [5.41, 5.74) is -0.219. The predicted octanol–water partition coefficient (Wildman–Crippen LogP) is 0.777. The van der Waals surface area contributed by atoms with Crippen molar-refractivity contribution in [1.82, 2.24) is 20.4 Å². The van der Waals surface area contributed by atoms with E-state index in [-0.39, 0.29) is 17.4 Å². The Morgan fingerprint density at radius 3 is 2.89 bits per heavy atom. The SMILES string of the molecule is CC(Cn1cccn1)NC(=O)C1(C)CCNCC1. The first-order chi connectivity index (χ1) is 8.60. The van der Waals surface area contributed by atoms with Crippen LogP contribution < -0.4 is 10.6 Å². The van der Waals surface area contributed by atoms with Gasteiger partial charge >= 0.3 is 0 Å². The zero-order valence-corrected chi connectivity index (χ0v) is 11.1. The van der Waals surface area contributed by atoms with Gasteiger partial charge in [-0.3, -0.25) is 9.48 Å². The van der Waals surface area contributed by atoms with E-state index in [1.165, 1.54) is 0 Å². The van der Waals surface area contributed by atoms with Crippen molar-refractivity contribution in [2.45, 2.75) is 39.3 Å². The molecule has 2 rings (SSSR count). The van der Waals surface area contributed by atoms with Gasteiger partial charge in [-0.2, -0.15) is 5.10 Å². The van der Waals surface area contributed by atoms with Gasteiger partial charge in [0.25, 0.3) is 0 Å². The van der Waals surface area contributed by atoms with E-state index in [4.69, 9.17) is 0 Å². The summed E-state index contributed by atoms with van der Waals surface area (Å²) < 4.78 is 1.84. The van der Waals surface area contributed by atoms with E-state index in [0.29, 0.717) is 6.54 Å². The second-order valence-corrected chi connectivity index (χ2v) is 5.41. The van der Waals surface area contributed by atoms with Crippen molar-refractivity contribution in [3.63, 3.8) is 0 Å². The fraction of sp³-hybridized carbons (Fsp3) is 0.692. The third-order valence-corrected chi connectivity index (χ3v) is 3.65. The summed E-state index contributed by atoms with van der Waals surface area (Å²) in [6.07, 6.45) is 5.48. The first kappa shape index (κ1) is 13.1. The lowest BCUT2D eigenvalue weighted by Gasteiger charge is -2.33. The third kappa shape index (κ3) is 3.10. The average Bonchev–Trinajstić information content (AvgIpc) is 2.82. The van der Waals surface area contributed by atoms with Crippen molar-refractivity contribution >= 4 is 5.91 Å². The lowest BCUT2D eigenvalue weighted by atomic mass is 9.80. The van der Waals surface area contributed by atoms with E-state index < -0.39 is 0 Å². The van der Waals surface area contributed by atoms with Gasteiger partial charge in [0, 0.05) is 23.9 Å². The second kappa shape index (κ2) is 5.52.